The highest BCUT2D eigenvalue weighted by Crippen LogP contribution is 2.25. The van der Waals surface area contributed by atoms with Crippen LogP contribution in [0.1, 0.15) is 57.7 Å². The van der Waals surface area contributed by atoms with Gasteiger partial charge in [-0.25, -0.2) is 4.79 Å². The summed E-state index contributed by atoms with van der Waals surface area (Å²) < 4.78 is 5.29. The van der Waals surface area contributed by atoms with Gasteiger partial charge < -0.3 is 31.1 Å². The first-order valence-electron chi connectivity index (χ1n) is 12.1. The Morgan fingerprint density at radius 1 is 1.03 bits per heavy atom. The van der Waals surface area contributed by atoms with Crippen LogP contribution in [0.4, 0.5) is 4.79 Å². The number of nitrogens with one attached hydrogen (secondary N) is 2. The van der Waals surface area contributed by atoms with Crippen LogP contribution in [0.2, 0.25) is 0 Å². The van der Waals surface area contributed by atoms with E-state index in [-0.39, 0.29) is 31.7 Å². The second-order valence-electron chi connectivity index (χ2n) is 9.53. The van der Waals surface area contributed by atoms with Gasteiger partial charge in [-0.2, -0.15) is 0 Å². The quantitative estimate of drug-likeness (QED) is 0.363. The lowest BCUT2D eigenvalue weighted by Gasteiger charge is -2.33. The van der Waals surface area contributed by atoms with E-state index in [9.17, 15) is 24.3 Å². The molecule has 10 heteroatoms. The van der Waals surface area contributed by atoms with Crippen LogP contribution in [-0.4, -0.2) is 52.0 Å². The average Bonchev–Trinajstić information content (AvgIpc) is 2.83. The number of alkyl carbamates (subject to hydrolysis) is 1. The number of primary amides is 1. The zero-order valence-corrected chi connectivity index (χ0v) is 21.7. The van der Waals surface area contributed by atoms with Crippen molar-refractivity contribution < 1.29 is 29.0 Å². The monoisotopic (exact) mass is 512 g/mol. The summed E-state index contributed by atoms with van der Waals surface area (Å²) in [6.07, 6.45) is -1.06. The third-order valence-corrected chi connectivity index (χ3v) is 5.37. The number of likely N-dealkylation sites (N-methyl/N-ethyl adjacent to an activating group) is 1. The number of rotatable bonds is 11. The highest BCUT2D eigenvalue weighted by atomic mass is 16.6. The third-order valence-electron chi connectivity index (χ3n) is 5.37. The van der Waals surface area contributed by atoms with Gasteiger partial charge in [-0.3, -0.25) is 14.4 Å². The second-order valence-corrected chi connectivity index (χ2v) is 9.53. The number of ether oxygens (including phenoxy) is 1. The van der Waals surface area contributed by atoms with E-state index in [1.165, 1.54) is 17.0 Å². The number of nitrogens with two attached hydrogens (primary N) is 1. The summed E-state index contributed by atoms with van der Waals surface area (Å²) in [6.45, 7) is 7.11. The Hall–Kier alpha value is -4.08. The minimum absolute atomic E-state index is 0.00694. The molecule has 0 spiro atoms. The molecule has 2 rings (SSSR count). The summed E-state index contributed by atoms with van der Waals surface area (Å²) >= 11 is 0. The first kappa shape index (κ1) is 29.2. The zero-order valence-electron chi connectivity index (χ0n) is 21.7. The van der Waals surface area contributed by atoms with Crippen LogP contribution in [-0.2, 0) is 25.7 Å². The van der Waals surface area contributed by atoms with Gasteiger partial charge in [-0.15, -0.1) is 0 Å². The van der Waals surface area contributed by atoms with Crippen molar-refractivity contribution in [1.82, 2.24) is 15.5 Å². The minimum atomic E-state index is -1.16. The Morgan fingerprint density at radius 2 is 1.65 bits per heavy atom. The van der Waals surface area contributed by atoms with E-state index in [4.69, 9.17) is 10.5 Å². The summed E-state index contributed by atoms with van der Waals surface area (Å²) in [6, 6.07) is 13.0. The Kier molecular flexibility index (Phi) is 10.5. The molecule has 2 aromatic rings. The molecule has 4 amide bonds. The minimum Gasteiger partial charge on any atom is -0.508 e. The smallest absolute Gasteiger partial charge is 0.408 e. The number of carbonyl (C=O) groups is 4. The molecule has 0 aliphatic heterocycles. The molecule has 0 bridgehead atoms. The number of phenolic OH excluding ortho intramolecular Hbond substituents is 1. The molecule has 2 aromatic carbocycles. The maximum atomic E-state index is 13.7. The van der Waals surface area contributed by atoms with E-state index in [0.29, 0.717) is 5.56 Å². The molecule has 0 saturated carbocycles. The maximum Gasteiger partial charge on any atom is 0.408 e. The Labute approximate surface area is 217 Å². The predicted molar refractivity (Wildman–Crippen MR) is 138 cm³/mol. The number of hydrogen-bond donors (Lipinski definition) is 4. The Bertz CT molecular complexity index is 1070. The molecule has 10 nitrogen and oxygen atoms in total. The summed E-state index contributed by atoms with van der Waals surface area (Å²) in [5.41, 5.74) is 5.82. The van der Waals surface area contributed by atoms with Gasteiger partial charge in [0.2, 0.25) is 17.7 Å². The molecule has 37 heavy (non-hydrogen) atoms. The summed E-state index contributed by atoms with van der Waals surface area (Å²) in [5.74, 6) is -1.66. The lowest BCUT2D eigenvalue weighted by Crippen LogP contribution is -2.53. The molecule has 0 aromatic heterocycles. The van der Waals surface area contributed by atoms with E-state index in [1.54, 1.807) is 39.8 Å². The fourth-order valence-electron chi connectivity index (χ4n) is 3.67. The fraction of sp³-hybridized carbons (Fsp3) is 0.407. The van der Waals surface area contributed by atoms with Crippen molar-refractivity contribution in [2.75, 3.05) is 6.54 Å². The molecular formula is C27H36N4O6. The highest BCUT2D eigenvalue weighted by molar-refractivity contribution is 5.92. The number of aromatic hydroxyl groups is 1. The first-order valence-corrected chi connectivity index (χ1v) is 12.1. The van der Waals surface area contributed by atoms with Crippen molar-refractivity contribution in [3.05, 3.63) is 65.7 Å². The maximum absolute atomic E-state index is 13.7. The topological polar surface area (TPSA) is 151 Å². The number of nitrogens with zero attached hydrogens (tertiary/aromatic N) is 1. The number of amides is 4. The van der Waals surface area contributed by atoms with Crippen LogP contribution in [0.3, 0.4) is 0 Å². The van der Waals surface area contributed by atoms with Crippen LogP contribution in [0.25, 0.3) is 0 Å². The van der Waals surface area contributed by atoms with E-state index in [1.807, 2.05) is 30.3 Å². The number of hydrogen-bond acceptors (Lipinski definition) is 6. The van der Waals surface area contributed by atoms with Crippen LogP contribution in [0.15, 0.2) is 54.6 Å². The van der Waals surface area contributed by atoms with Crippen molar-refractivity contribution in [3.8, 4) is 5.75 Å². The van der Waals surface area contributed by atoms with E-state index >= 15 is 0 Å². The van der Waals surface area contributed by atoms with Crippen LogP contribution in [0.5, 0.6) is 5.75 Å². The first-order chi connectivity index (χ1) is 17.4. The lowest BCUT2D eigenvalue weighted by molar-refractivity contribution is -0.142. The van der Waals surface area contributed by atoms with Crippen molar-refractivity contribution in [1.29, 1.82) is 0 Å². The zero-order chi connectivity index (χ0) is 27.6. The molecule has 0 fully saturated rings. The number of carbonyl (C=O) groups excluding carboxylic acids is 4. The van der Waals surface area contributed by atoms with Gasteiger partial charge in [-0.05, 0) is 57.4 Å². The molecule has 2 unspecified atom stereocenters. The van der Waals surface area contributed by atoms with Crippen molar-refractivity contribution in [3.63, 3.8) is 0 Å². The van der Waals surface area contributed by atoms with Crippen molar-refractivity contribution in [2.24, 2.45) is 5.73 Å². The van der Waals surface area contributed by atoms with Crippen LogP contribution >= 0.6 is 0 Å². The molecule has 0 saturated heterocycles. The van der Waals surface area contributed by atoms with Crippen molar-refractivity contribution in [2.45, 2.75) is 64.8 Å². The average molecular weight is 513 g/mol. The molecule has 0 aliphatic carbocycles. The van der Waals surface area contributed by atoms with Crippen LogP contribution < -0.4 is 16.4 Å². The molecule has 5 N–H and O–H groups in total. The van der Waals surface area contributed by atoms with E-state index in [2.05, 4.69) is 10.6 Å². The van der Waals surface area contributed by atoms with Gasteiger partial charge >= 0.3 is 6.09 Å². The van der Waals surface area contributed by atoms with Crippen LogP contribution in [0, 0.1) is 0 Å². The molecular weight excluding hydrogens is 476 g/mol. The van der Waals surface area contributed by atoms with E-state index < -0.39 is 41.5 Å². The molecule has 0 aliphatic rings. The second kappa shape index (κ2) is 13.3. The molecule has 200 valence electrons. The molecule has 0 radical (unpaired) electrons. The lowest BCUT2D eigenvalue weighted by atomic mass is 10.0. The fourth-order valence-corrected chi connectivity index (χ4v) is 3.67. The summed E-state index contributed by atoms with van der Waals surface area (Å²) in [4.78, 5) is 52.4. The standard InChI is InChI=1S/C27H36N4O6/c1-5-31(25(35)21(15-16-22(28)33)30-26(36)37-27(2,3)4)23(19-11-13-20(32)14-12-19)24(34)29-17-18-9-7-6-8-10-18/h6-14,21,23,32H,5,15-17H2,1-4H3,(H2,28,33)(H,29,34)(H,30,36). The highest BCUT2D eigenvalue weighted by Gasteiger charge is 2.35. The number of benzene rings is 2. The van der Waals surface area contributed by atoms with Gasteiger partial charge in [0.05, 0.1) is 0 Å². The SMILES string of the molecule is CCN(C(=O)C(CCC(N)=O)NC(=O)OC(C)(C)C)C(C(=O)NCc1ccccc1)c1ccc(O)cc1. The Morgan fingerprint density at radius 3 is 2.19 bits per heavy atom. The van der Waals surface area contributed by atoms with Crippen molar-refractivity contribution >= 4 is 23.8 Å². The van der Waals surface area contributed by atoms with Gasteiger partial charge in [0.15, 0.2) is 0 Å². The van der Waals surface area contributed by atoms with Gasteiger partial charge in [-0.1, -0.05) is 42.5 Å². The molecule has 0 heterocycles. The summed E-state index contributed by atoms with van der Waals surface area (Å²) in [5, 5.41) is 15.1. The van der Waals surface area contributed by atoms with Gasteiger partial charge in [0.1, 0.15) is 23.4 Å². The largest absolute Gasteiger partial charge is 0.508 e. The van der Waals surface area contributed by atoms with Gasteiger partial charge in [0.25, 0.3) is 0 Å². The molecule has 2 atom stereocenters. The Balaban J connectivity index is 2.37. The third kappa shape index (κ3) is 9.47. The normalized spacial score (nSPS) is 12.6. The van der Waals surface area contributed by atoms with E-state index in [0.717, 1.165) is 5.56 Å². The summed E-state index contributed by atoms with van der Waals surface area (Å²) in [7, 11) is 0. The predicted octanol–water partition coefficient (Wildman–Crippen LogP) is 2.76. The number of phenols is 1. The van der Waals surface area contributed by atoms with Gasteiger partial charge in [0, 0.05) is 19.5 Å².